The van der Waals surface area contributed by atoms with Gasteiger partial charge >= 0.3 is 0 Å². The maximum atomic E-state index is 6.77. The first-order valence-electron chi connectivity index (χ1n) is 19.4. The highest BCUT2D eigenvalue weighted by atomic mass is 16.3. The minimum absolute atomic E-state index is 0.850. The summed E-state index contributed by atoms with van der Waals surface area (Å²) in [4.78, 5) is 2.34. The average molecular weight is 729 g/mol. The second-order valence-corrected chi connectivity index (χ2v) is 14.5. The van der Waals surface area contributed by atoms with Gasteiger partial charge in [-0.1, -0.05) is 152 Å². The largest absolute Gasteiger partial charge is 0.454 e. The molecule has 0 aliphatic rings. The van der Waals surface area contributed by atoms with Crippen LogP contribution in [0.4, 0.5) is 17.1 Å². The van der Waals surface area contributed by atoms with Gasteiger partial charge in [-0.3, -0.25) is 0 Å². The lowest BCUT2D eigenvalue weighted by Gasteiger charge is -2.27. The molecule has 0 aliphatic heterocycles. The molecule has 3 heteroatoms. The van der Waals surface area contributed by atoms with Crippen LogP contribution in [-0.4, -0.2) is 4.57 Å². The van der Waals surface area contributed by atoms with Gasteiger partial charge in [0.05, 0.1) is 16.7 Å². The third kappa shape index (κ3) is 5.68. The van der Waals surface area contributed by atoms with Crippen molar-refractivity contribution in [2.75, 3.05) is 4.90 Å². The fraction of sp³-hybridized carbons (Fsp3) is 0. The standard InChI is InChI=1S/C54H36N2O/c1-3-13-37(14-4-1)39-23-25-40(26-24-39)41-27-29-43(30-28-41)55(44-31-33-45(34-32-44)56-50-20-10-7-17-46(50)47-18-8-11-21-51(47)56)52-36-42(38-15-5-2-6-16-38)35-49-48-19-9-12-22-53(48)57-54(49)52/h1-36H. The van der Waals surface area contributed by atoms with E-state index in [1.54, 1.807) is 0 Å². The van der Waals surface area contributed by atoms with Crippen LogP contribution in [0.5, 0.6) is 0 Å². The number of rotatable bonds is 7. The molecule has 2 heterocycles. The molecule has 0 fully saturated rings. The zero-order valence-electron chi connectivity index (χ0n) is 31.1. The minimum Gasteiger partial charge on any atom is -0.454 e. The summed E-state index contributed by atoms with van der Waals surface area (Å²) in [5.41, 5.74) is 15.3. The summed E-state index contributed by atoms with van der Waals surface area (Å²) in [5.74, 6) is 0. The topological polar surface area (TPSA) is 21.3 Å². The van der Waals surface area contributed by atoms with E-state index in [9.17, 15) is 0 Å². The molecule has 0 radical (unpaired) electrons. The van der Waals surface area contributed by atoms with E-state index in [0.717, 1.165) is 61.4 Å². The molecule has 3 nitrogen and oxygen atoms in total. The van der Waals surface area contributed by atoms with Crippen molar-refractivity contribution in [1.82, 2.24) is 4.57 Å². The molecule has 0 amide bonds. The van der Waals surface area contributed by atoms with Crippen molar-refractivity contribution in [2.24, 2.45) is 0 Å². The van der Waals surface area contributed by atoms with E-state index in [-0.39, 0.29) is 0 Å². The summed E-state index contributed by atoms with van der Waals surface area (Å²) >= 11 is 0. The molecule has 0 saturated heterocycles. The molecule has 268 valence electrons. The van der Waals surface area contributed by atoms with E-state index in [1.165, 1.54) is 38.5 Å². The molecule has 11 rings (SSSR count). The van der Waals surface area contributed by atoms with Gasteiger partial charge < -0.3 is 13.9 Å². The Kier molecular flexibility index (Phi) is 7.82. The number of anilines is 3. The first-order valence-corrected chi connectivity index (χ1v) is 19.4. The van der Waals surface area contributed by atoms with Crippen LogP contribution in [0.1, 0.15) is 0 Å². The summed E-state index contributed by atoms with van der Waals surface area (Å²) in [6.45, 7) is 0. The number of benzene rings is 9. The smallest absolute Gasteiger partial charge is 0.159 e. The number of hydrogen-bond donors (Lipinski definition) is 0. The van der Waals surface area contributed by atoms with E-state index >= 15 is 0 Å². The molecule has 2 aromatic heterocycles. The van der Waals surface area contributed by atoms with Crippen LogP contribution in [0.2, 0.25) is 0 Å². The van der Waals surface area contributed by atoms with Crippen LogP contribution in [0.15, 0.2) is 223 Å². The van der Waals surface area contributed by atoms with E-state index < -0.39 is 0 Å². The number of fused-ring (bicyclic) bond motifs is 6. The van der Waals surface area contributed by atoms with Crippen molar-refractivity contribution in [3.8, 4) is 39.1 Å². The summed E-state index contributed by atoms with van der Waals surface area (Å²) in [6.07, 6.45) is 0. The van der Waals surface area contributed by atoms with Crippen molar-refractivity contribution >= 4 is 60.8 Å². The van der Waals surface area contributed by atoms with E-state index in [2.05, 4.69) is 222 Å². The molecule has 11 aromatic rings. The SMILES string of the molecule is c1ccc(-c2ccc(-c3ccc(N(c4ccc(-n5c6ccccc6c6ccccc65)cc4)c4cc(-c5ccccc5)cc5c4oc4ccccc45)cc3)cc2)cc1. The number of hydrogen-bond acceptors (Lipinski definition) is 2. The van der Waals surface area contributed by atoms with Gasteiger partial charge in [-0.2, -0.15) is 0 Å². The molecular weight excluding hydrogens is 693 g/mol. The van der Waals surface area contributed by atoms with Crippen molar-refractivity contribution in [2.45, 2.75) is 0 Å². The Morgan fingerprint density at radius 3 is 1.35 bits per heavy atom. The fourth-order valence-corrected chi connectivity index (χ4v) is 8.44. The van der Waals surface area contributed by atoms with Crippen LogP contribution in [0, 0.1) is 0 Å². The van der Waals surface area contributed by atoms with Gasteiger partial charge in [0.1, 0.15) is 5.58 Å². The number of nitrogens with zero attached hydrogens (tertiary/aromatic N) is 2. The number of aromatic nitrogens is 1. The van der Waals surface area contributed by atoms with E-state index in [1.807, 2.05) is 6.07 Å². The highest BCUT2D eigenvalue weighted by Crippen LogP contribution is 2.45. The van der Waals surface area contributed by atoms with Gasteiger partial charge in [0.2, 0.25) is 0 Å². The van der Waals surface area contributed by atoms with Gasteiger partial charge in [0.15, 0.2) is 5.58 Å². The molecule has 0 atom stereocenters. The average Bonchev–Trinajstić information content (AvgIpc) is 3.84. The predicted octanol–water partition coefficient (Wildman–Crippen LogP) is 15.2. The zero-order valence-corrected chi connectivity index (χ0v) is 31.1. The summed E-state index contributed by atoms with van der Waals surface area (Å²) in [6, 6.07) is 78.0. The third-order valence-corrected chi connectivity index (χ3v) is 11.2. The lowest BCUT2D eigenvalue weighted by atomic mass is 9.99. The zero-order chi connectivity index (χ0) is 37.7. The maximum absolute atomic E-state index is 6.77. The summed E-state index contributed by atoms with van der Waals surface area (Å²) in [5, 5.41) is 4.68. The Hall–Kier alpha value is -7.62. The van der Waals surface area contributed by atoms with Gasteiger partial charge in [-0.05, 0) is 100 Å². The minimum atomic E-state index is 0.850. The van der Waals surface area contributed by atoms with Gasteiger partial charge in [0.25, 0.3) is 0 Å². The fourth-order valence-electron chi connectivity index (χ4n) is 8.44. The Labute approximate surface area is 330 Å². The Morgan fingerprint density at radius 2 is 0.772 bits per heavy atom. The van der Waals surface area contributed by atoms with Gasteiger partial charge in [-0.15, -0.1) is 0 Å². The highest BCUT2D eigenvalue weighted by Gasteiger charge is 2.22. The number of furan rings is 1. The highest BCUT2D eigenvalue weighted by molar-refractivity contribution is 6.12. The second-order valence-electron chi connectivity index (χ2n) is 14.5. The predicted molar refractivity (Wildman–Crippen MR) is 239 cm³/mol. The van der Waals surface area contributed by atoms with Crippen molar-refractivity contribution in [1.29, 1.82) is 0 Å². The van der Waals surface area contributed by atoms with Crippen LogP contribution < -0.4 is 4.90 Å². The first kappa shape index (κ1) is 32.8. The first-order chi connectivity index (χ1) is 28.3. The monoisotopic (exact) mass is 728 g/mol. The maximum Gasteiger partial charge on any atom is 0.159 e. The van der Waals surface area contributed by atoms with Crippen LogP contribution in [-0.2, 0) is 0 Å². The van der Waals surface area contributed by atoms with Crippen molar-refractivity contribution < 1.29 is 4.42 Å². The van der Waals surface area contributed by atoms with E-state index in [4.69, 9.17) is 4.42 Å². The molecule has 0 N–H and O–H groups in total. The van der Waals surface area contributed by atoms with Crippen LogP contribution in [0.3, 0.4) is 0 Å². The molecule has 0 aliphatic carbocycles. The molecule has 0 saturated carbocycles. The summed E-state index contributed by atoms with van der Waals surface area (Å²) < 4.78 is 9.14. The number of para-hydroxylation sites is 3. The quantitative estimate of drug-likeness (QED) is 0.163. The Bertz CT molecular complexity index is 3140. The summed E-state index contributed by atoms with van der Waals surface area (Å²) in [7, 11) is 0. The van der Waals surface area contributed by atoms with E-state index in [0.29, 0.717) is 0 Å². The van der Waals surface area contributed by atoms with Crippen molar-refractivity contribution in [3.63, 3.8) is 0 Å². The van der Waals surface area contributed by atoms with Crippen LogP contribution in [0.25, 0.3) is 82.8 Å². The molecule has 0 spiro atoms. The third-order valence-electron chi connectivity index (χ3n) is 11.2. The lowest BCUT2D eigenvalue weighted by Crippen LogP contribution is -2.10. The Morgan fingerprint density at radius 1 is 0.333 bits per heavy atom. The van der Waals surface area contributed by atoms with Crippen LogP contribution >= 0.6 is 0 Å². The molecule has 9 aromatic carbocycles. The lowest BCUT2D eigenvalue weighted by molar-refractivity contribution is 0.669. The Balaban J connectivity index is 1.08. The van der Waals surface area contributed by atoms with Gasteiger partial charge in [0, 0.05) is 38.6 Å². The molecule has 0 bridgehead atoms. The molecule has 0 unspecified atom stereocenters. The normalized spacial score (nSPS) is 11.5. The molecule has 57 heavy (non-hydrogen) atoms. The van der Waals surface area contributed by atoms with Crippen molar-refractivity contribution in [3.05, 3.63) is 218 Å². The molecular formula is C54H36N2O. The van der Waals surface area contributed by atoms with Gasteiger partial charge in [-0.25, -0.2) is 0 Å². The second kappa shape index (κ2) is 13.6.